The molecule has 0 aromatic carbocycles. The van der Waals surface area contributed by atoms with E-state index < -0.39 is 0 Å². The summed E-state index contributed by atoms with van der Waals surface area (Å²) in [5.74, 6) is 2.54. The highest BCUT2D eigenvalue weighted by molar-refractivity contribution is 7.99. The molecule has 0 aliphatic rings. The molecule has 0 bridgehead atoms. The first-order chi connectivity index (χ1) is 3.91. The number of hydrogen-bond acceptors (Lipinski definition) is 1. The van der Waals surface area contributed by atoms with Crippen molar-refractivity contribution in [1.82, 2.24) is 0 Å². The second kappa shape index (κ2) is 7.09. The SMILES string of the molecule is C=CCCCSCC. The van der Waals surface area contributed by atoms with Crippen molar-refractivity contribution in [2.75, 3.05) is 11.5 Å². The molecule has 0 aromatic rings. The Bertz CT molecular complexity index is 50.3. The van der Waals surface area contributed by atoms with Crippen LogP contribution in [0.1, 0.15) is 19.8 Å². The van der Waals surface area contributed by atoms with Gasteiger partial charge in [0.15, 0.2) is 0 Å². The molecular weight excluding hydrogens is 116 g/mol. The molecule has 8 heavy (non-hydrogen) atoms. The molecule has 48 valence electrons. The van der Waals surface area contributed by atoms with E-state index >= 15 is 0 Å². The predicted molar refractivity (Wildman–Crippen MR) is 42.4 cm³/mol. The lowest BCUT2D eigenvalue weighted by Gasteiger charge is -1.92. The van der Waals surface area contributed by atoms with Gasteiger partial charge in [0.1, 0.15) is 0 Å². The van der Waals surface area contributed by atoms with Gasteiger partial charge in [-0.25, -0.2) is 0 Å². The fraction of sp³-hybridized carbons (Fsp3) is 0.714. The predicted octanol–water partition coefficient (Wildman–Crippen LogP) is 2.71. The van der Waals surface area contributed by atoms with E-state index in [0.717, 1.165) is 0 Å². The Labute approximate surface area is 56.4 Å². The van der Waals surface area contributed by atoms with Crippen LogP contribution in [0.5, 0.6) is 0 Å². The lowest BCUT2D eigenvalue weighted by Crippen LogP contribution is -1.76. The van der Waals surface area contributed by atoms with Crippen LogP contribution in [0.3, 0.4) is 0 Å². The molecule has 0 aliphatic carbocycles. The van der Waals surface area contributed by atoms with Crippen LogP contribution in [0.2, 0.25) is 0 Å². The molecule has 0 heterocycles. The monoisotopic (exact) mass is 130 g/mol. The highest BCUT2D eigenvalue weighted by Gasteiger charge is 1.81. The molecule has 0 unspecified atom stereocenters. The van der Waals surface area contributed by atoms with Gasteiger partial charge in [0.05, 0.1) is 0 Å². The van der Waals surface area contributed by atoms with Crippen LogP contribution in [0.4, 0.5) is 0 Å². The third kappa shape index (κ3) is 6.09. The van der Waals surface area contributed by atoms with Gasteiger partial charge in [-0.05, 0) is 24.3 Å². The van der Waals surface area contributed by atoms with E-state index in [1.807, 2.05) is 17.8 Å². The van der Waals surface area contributed by atoms with Crippen LogP contribution in [-0.4, -0.2) is 11.5 Å². The molecule has 0 N–H and O–H groups in total. The van der Waals surface area contributed by atoms with Gasteiger partial charge in [-0.1, -0.05) is 13.0 Å². The van der Waals surface area contributed by atoms with Crippen LogP contribution in [0.25, 0.3) is 0 Å². The van der Waals surface area contributed by atoms with Crippen LogP contribution in [0, 0.1) is 0 Å². The van der Waals surface area contributed by atoms with Gasteiger partial charge in [-0.3, -0.25) is 0 Å². The minimum absolute atomic E-state index is 1.17. The molecule has 0 rings (SSSR count). The van der Waals surface area contributed by atoms with E-state index in [-0.39, 0.29) is 0 Å². The van der Waals surface area contributed by atoms with Crippen LogP contribution in [-0.2, 0) is 0 Å². The first-order valence-corrected chi connectivity index (χ1v) is 4.26. The second-order valence-corrected chi connectivity index (χ2v) is 3.02. The molecule has 0 aromatic heterocycles. The van der Waals surface area contributed by atoms with Crippen molar-refractivity contribution in [3.05, 3.63) is 12.7 Å². The summed E-state index contributed by atoms with van der Waals surface area (Å²) in [5, 5.41) is 0. The zero-order chi connectivity index (χ0) is 6.24. The minimum Gasteiger partial charge on any atom is -0.162 e. The summed E-state index contributed by atoms with van der Waals surface area (Å²) in [4.78, 5) is 0. The molecular formula is C7H14S. The normalized spacial score (nSPS) is 9.12. The standard InChI is InChI=1S/C7H14S/c1-3-5-6-7-8-4-2/h3H,1,4-7H2,2H3. The van der Waals surface area contributed by atoms with E-state index in [0.29, 0.717) is 0 Å². The van der Waals surface area contributed by atoms with E-state index in [4.69, 9.17) is 0 Å². The first kappa shape index (κ1) is 8.09. The molecule has 0 saturated carbocycles. The summed E-state index contributed by atoms with van der Waals surface area (Å²) in [6.07, 6.45) is 4.45. The average molecular weight is 130 g/mol. The van der Waals surface area contributed by atoms with Crippen molar-refractivity contribution in [3.8, 4) is 0 Å². The second-order valence-electron chi connectivity index (χ2n) is 1.63. The topological polar surface area (TPSA) is 0 Å². The number of thioether (sulfide) groups is 1. The molecule has 0 atom stereocenters. The smallest absolute Gasteiger partial charge is 0.00647 e. The Morgan fingerprint density at radius 2 is 2.38 bits per heavy atom. The van der Waals surface area contributed by atoms with Gasteiger partial charge in [0.2, 0.25) is 0 Å². The van der Waals surface area contributed by atoms with Crippen molar-refractivity contribution < 1.29 is 0 Å². The molecule has 0 fully saturated rings. The maximum atomic E-state index is 3.65. The summed E-state index contributed by atoms with van der Waals surface area (Å²) in [5.41, 5.74) is 0. The van der Waals surface area contributed by atoms with E-state index in [9.17, 15) is 0 Å². The van der Waals surface area contributed by atoms with Crippen molar-refractivity contribution in [2.45, 2.75) is 19.8 Å². The third-order valence-electron chi connectivity index (χ3n) is 0.901. The summed E-state index contributed by atoms with van der Waals surface area (Å²) in [6, 6.07) is 0. The maximum absolute atomic E-state index is 3.65. The Balaban J connectivity index is 2.62. The summed E-state index contributed by atoms with van der Waals surface area (Å²) < 4.78 is 0. The van der Waals surface area contributed by atoms with Gasteiger partial charge in [-0.15, -0.1) is 6.58 Å². The lowest BCUT2D eigenvalue weighted by molar-refractivity contribution is 0.974. The molecule has 0 radical (unpaired) electrons. The first-order valence-electron chi connectivity index (χ1n) is 3.10. The van der Waals surface area contributed by atoms with Crippen molar-refractivity contribution in [1.29, 1.82) is 0 Å². The molecule has 0 aliphatic heterocycles. The average Bonchev–Trinajstić information content (AvgIpc) is 1.81. The summed E-state index contributed by atoms with van der Waals surface area (Å²) >= 11 is 2.00. The van der Waals surface area contributed by atoms with Crippen molar-refractivity contribution in [2.24, 2.45) is 0 Å². The fourth-order valence-electron chi connectivity index (χ4n) is 0.474. The van der Waals surface area contributed by atoms with Gasteiger partial charge >= 0.3 is 0 Å². The third-order valence-corrected chi connectivity index (χ3v) is 1.89. The van der Waals surface area contributed by atoms with Crippen LogP contribution in [0.15, 0.2) is 12.7 Å². The Morgan fingerprint density at radius 1 is 1.62 bits per heavy atom. The minimum atomic E-state index is 1.17. The van der Waals surface area contributed by atoms with Crippen molar-refractivity contribution >= 4 is 11.8 Å². The number of hydrogen-bond donors (Lipinski definition) is 0. The zero-order valence-corrected chi connectivity index (χ0v) is 6.34. The van der Waals surface area contributed by atoms with Crippen LogP contribution < -0.4 is 0 Å². The van der Waals surface area contributed by atoms with E-state index in [1.165, 1.54) is 24.3 Å². The maximum Gasteiger partial charge on any atom is -0.00647 e. The van der Waals surface area contributed by atoms with E-state index in [2.05, 4.69) is 13.5 Å². The number of allylic oxidation sites excluding steroid dienone is 1. The van der Waals surface area contributed by atoms with Gasteiger partial charge in [-0.2, -0.15) is 11.8 Å². The van der Waals surface area contributed by atoms with Gasteiger partial charge in [0, 0.05) is 0 Å². The highest BCUT2D eigenvalue weighted by Crippen LogP contribution is 2.02. The number of rotatable bonds is 5. The Kier molecular flexibility index (Phi) is 7.17. The molecule has 0 spiro atoms. The van der Waals surface area contributed by atoms with Crippen LogP contribution >= 0.6 is 11.8 Å². The lowest BCUT2D eigenvalue weighted by atomic mass is 10.3. The Morgan fingerprint density at radius 3 is 2.88 bits per heavy atom. The Hall–Kier alpha value is 0.0900. The van der Waals surface area contributed by atoms with E-state index in [1.54, 1.807) is 0 Å². The van der Waals surface area contributed by atoms with Gasteiger partial charge < -0.3 is 0 Å². The molecule has 0 nitrogen and oxygen atoms in total. The zero-order valence-electron chi connectivity index (χ0n) is 5.52. The largest absolute Gasteiger partial charge is 0.162 e. The van der Waals surface area contributed by atoms with Crippen molar-refractivity contribution in [3.63, 3.8) is 0 Å². The molecule has 0 saturated heterocycles. The number of unbranched alkanes of at least 4 members (excludes halogenated alkanes) is 1. The summed E-state index contributed by atoms with van der Waals surface area (Å²) in [7, 11) is 0. The highest BCUT2D eigenvalue weighted by atomic mass is 32.2. The fourth-order valence-corrected chi connectivity index (χ4v) is 1.13. The summed E-state index contributed by atoms with van der Waals surface area (Å²) in [6.45, 7) is 5.84. The molecule has 1 heteroatoms. The van der Waals surface area contributed by atoms with Gasteiger partial charge in [0.25, 0.3) is 0 Å². The molecule has 0 amide bonds. The quantitative estimate of drug-likeness (QED) is 0.407.